The molecular formula is C20H30N2O3S. The molecule has 0 bridgehead atoms. The van der Waals surface area contributed by atoms with Gasteiger partial charge in [-0.15, -0.1) is 0 Å². The molecule has 2 fully saturated rings. The minimum Gasteiger partial charge on any atom is -0.508 e. The Morgan fingerprint density at radius 2 is 2.00 bits per heavy atom. The molecule has 1 unspecified atom stereocenters. The summed E-state index contributed by atoms with van der Waals surface area (Å²) in [6.45, 7) is 4.54. The van der Waals surface area contributed by atoms with Gasteiger partial charge in [-0.05, 0) is 61.7 Å². The van der Waals surface area contributed by atoms with Crippen LogP contribution in [0.5, 0.6) is 5.75 Å². The molecule has 1 atom stereocenters. The summed E-state index contributed by atoms with van der Waals surface area (Å²) in [5, 5.41) is 19.6. The molecule has 144 valence electrons. The van der Waals surface area contributed by atoms with Gasteiger partial charge < -0.3 is 15.1 Å². The van der Waals surface area contributed by atoms with E-state index in [4.69, 9.17) is 0 Å². The first-order valence-electron chi connectivity index (χ1n) is 9.44. The number of benzene rings is 1. The number of nitrogens with zero attached hydrogens (tertiary/aromatic N) is 2. The average molecular weight is 379 g/mol. The van der Waals surface area contributed by atoms with Crippen molar-refractivity contribution in [3.63, 3.8) is 0 Å². The topological polar surface area (TPSA) is 64.0 Å². The van der Waals surface area contributed by atoms with Crippen molar-refractivity contribution in [1.29, 1.82) is 0 Å². The molecule has 0 radical (unpaired) electrons. The first-order valence-corrected chi connectivity index (χ1v) is 10.8. The summed E-state index contributed by atoms with van der Waals surface area (Å²) < 4.78 is 0. The molecular weight excluding hydrogens is 348 g/mol. The molecule has 1 amide bonds. The largest absolute Gasteiger partial charge is 0.508 e. The van der Waals surface area contributed by atoms with E-state index >= 15 is 0 Å². The third-order valence-electron chi connectivity index (χ3n) is 6.20. The maximum absolute atomic E-state index is 12.2. The van der Waals surface area contributed by atoms with Crippen molar-refractivity contribution in [2.75, 3.05) is 44.8 Å². The number of thioether (sulfide) groups is 1. The summed E-state index contributed by atoms with van der Waals surface area (Å²) in [4.78, 5) is 16.6. The van der Waals surface area contributed by atoms with E-state index in [-0.39, 0.29) is 23.8 Å². The highest BCUT2D eigenvalue weighted by Gasteiger charge is 2.45. The fraction of sp³-hybridized carbons (Fsp3) is 0.650. The van der Waals surface area contributed by atoms with E-state index in [1.54, 1.807) is 17.8 Å². The van der Waals surface area contributed by atoms with Crippen LogP contribution in [0, 0.1) is 11.3 Å². The second-order valence-electron chi connectivity index (χ2n) is 7.71. The molecule has 0 aliphatic carbocycles. The number of amides is 1. The van der Waals surface area contributed by atoms with Crippen LogP contribution < -0.4 is 0 Å². The molecule has 26 heavy (non-hydrogen) atoms. The van der Waals surface area contributed by atoms with Gasteiger partial charge in [0, 0.05) is 32.2 Å². The number of aliphatic hydroxyl groups is 1. The van der Waals surface area contributed by atoms with E-state index < -0.39 is 0 Å². The van der Waals surface area contributed by atoms with Crippen LogP contribution in [0.25, 0.3) is 0 Å². The monoisotopic (exact) mass is 378 g/mol. The van der Waals surface area contributed by atoms with Crippen molar-refractivity contribution in [2.24, 2.45) is 11.3 Å². The number of phenolic OH excluding ortho intramolecular Hbond substituents is 1. The molecule has 6 heteroatoms. The second-order valence-corrected chi connectivity index (χ2v) is 8.58. The van der Waals surface area contributed by atoms with Gasteiger partial charge in [0.15, 0.2) is 0 Å². The van der Waals surface area contributed by atoms with Crippen LogP contribution >= 0.6 is 11.8 Å². The maximum Gasteiger partial charge on any atom is 0.232 e. The lowest BCUT2D eigenvalue weighted by molar-refractivity contribution is -0.135. The van der Waals surface area contributed by atoms with Crippen LogP contribution in [-0.2, 0) is 11.3 Å². The molecule has 2 saturated heterocycles. The Bertz CT molecular complexity index is 617. The molecule has 3 rings (SSSR count). The smallest absolute Gasteiger partial charge is 0.232 e. The van der Waals surface area contributed by atoms with E-state index in [1.807, 2.05) is 23.3 Å². The van der Waals surface area contributed by atoms with E-state index in [2.05, 4.69) is 11.0 Å². The normalized spacial score (nSPS) is 23.3. The molecule has 0 saturated carbocycles. The molecule has 2 aliphatic heterocycles. The Balaban J connectivity index is 1.58. The molecule has 0 aromatic heterocycles. The summed E-state index contributed by atoms with van der Waals surface area (Å²) in [6, 6.07) is 7.47. The van der Waals surface area contributed by atoms with Crippen molar-refractivity contribution in [3.05, 3.63) is 29.8 Å². The Morgan fingerprint density at radius 3 is 2.65 bits per heavy atom. The predicted octanol–water partition coefficient (Wildman–Crippen LogP) is 2.18. The van der Waals surface area contributed by atoms with Gasteiger partial charge >= 0.3 is 0 Å². The number of phenols is 1. The van der Waals surface area contributed by atoms with Crippen LogP contribution in [-0.4, -0.2) is 70.7 Å². The van der Waals surface area contributed by atoms with Crippen LogP contribution in [0.4, 0.5) is 0 Å². The molecule has 2 N–H and O–H groups in total. The van der Waals surface area contributed by atoms with Crippen molar-refractivity contribution in [2.45, 2.75) is 25.8 Å². The molecule has 2 heterocycles. The minimum atomic E-state index is 0.162. The van der Waals surface area contributed by atoms with E-state index in [0.29, 0.717) is 18.0 Å². The summed E-state index contributed by atoms with van der Waals surface area (Å²) in [7, 11) is 0. The zero-order valence-corrected chi connectivity index (χ0v) is 16.4. The first kappa shape index (κ1) is 19.5. The highest BCUT2D eigenvalue weighted by molar-refractivity contribution is 7.99. The van der Waals surface area contributed by atoms with Gasteiger partial charge in [-0.3, -0.25) is 9.69 Å². The number of carbonyl (C=O) groups excluding carboxylic acids is 1. The highest BCUT2D eigenvalue weighted by Crippen LogP contribution is 2.45. The maximum atomic E-state index is 12.2. The summed E-state index contributed by atoms with van der Waals surface area (Å²) in [5.74, 6) is 1.23. The molecule has 1 aromatic carbocycles. The van der Waals surface area contributed by atoms with Gasteiger partial charge in [-0.1, -0.05) is 12.1 Å². The molecule has 2 aliphatic rings. The number of aliphatic hydroxyl groups excluding tert-OH is 1. The van der Waals surface area contributed by atoms with Crippen molar-refractivity contribution < 1.29 is 15.0 Å². The van der Waals surface area contributed by atoms with Gasteiger partial charge in [0.05, 0.1) is 5.75 Å². The van der Waals surface area contributed by atoms with Gasteiger partial charge in [0.1, 0.15) is 5.75 Å². The van der Waals surface area contributed by atoms with Gasteiger partial charge in [0.25, 0.3) is 0 Å². The van der Waals surface area contributed by atoms with Crippen LogP contribution in [0.1, 0.15) is 24.8 Å². The zero-order valence-electron chi connectivity index (χ0n) is 15.6. The van der Waals surface area contributed by atoms with Crippen LogP contribution in [0.3, 0.4) is 0 Å². The number of hydrogen-bond acceptors (Lipinski definition) is 5. The van der Waals surface area contributed by atoms with Crippen molar-refractivity contribution >= 4 is 17.7 Å². The number of hydrogen-bond donors (Lipinski definition) is 2. The lowest BCUT2D eigenvalue weighted by Gasteiger charge is -2.51. The number of likely N-dealkylation sites (tertiary alicyclic amines) is 2. The molecule has 1 spiro atoms. The second kappa shape index (κ2) is 8.63. The fourth-order valence-electron chi connectivity index (χ4n) is 4.53. The number of piperidine rings is 2. The predicted molar refractivity (Wildman–Crippen MR) is 105 cm³/mol. The number of rotatable bonds is 5. The molecule has 1 aromatic rings. The Morgan fingerprint density at radius 1 is 1.27 bits per heavy atom. The van der Waals surface area contributed by atoms with E-state index in [0.717, 1.165) is 51.0 Å². The van der Waals surface area contributed by atoms with Gasteiger partial charge in [0.2, 0.25) is 5.91 Å². The van der Waals surface area contributed by atoms with Gasteiger partial charge in [-0.2, -0.15) is 11.8 Å². The van der Waals surface area contributed by atoms with Crippen molar-refractivity contribution in [3.8, 4) is 5.75 Å². The Kier molecular flexibility index (Phi) is 6.48. The average Bonchev–Trinajstić information content (AvgIpc) is 2.64. The van der Waals surface area contributed by atoms with Gasteiger partial charge in [-0.25, -0.2) is 0 Å². The zero-order chi connectivity index (χ0) is 18.6. The third-order valence-corrected chi connectivity index (χ3v) is 6.73. The minimum absolute atomic E-state index is 0.162. The van der Waals surface area contributed by atoms with Crippen LogP contribution in [0.15, 0.2) is 24.3 Å². The first-order chi connectivity index (χ1) is 12.6. The lowest BCUT2D eigenvalue weighted by atomic mass is 9.64. The quantitative estimate of drug-likeness (QED) is 0.822. The fourth-order valence-corrected chi connectivity index (χ4v) is 4.96. The lowest BCUT2D eigenvalue weighted by Crippen LogP contribution is -2.54. The molecule has 5 nitrogen and oxygen atoms in total. The van der Waals surface area contributed by atoms with Crippen LogP contribution in [0.2, 0.25) is 0 Å². The number of carbonyl (C=O) groups is 1. The summed E-state index contributed by atoms with van der Waals surface area (Å²) in [5.41, 5.74) is 1.30. The van der Waals surface area contributed by atoms with E-state index in [1.165, 1.54) is 0 Å². The van der Waals surface area contributed by atoms with Crippen molar-refractivity contribution in [1.82, 2.24) is 9.80 Å². The SMILES string of the molecule is CSCC(=O)N1CCC2(CCN(Cc3cccc(O)c3)CC2)C(CO)C1. The Hall–Kier alpha value is -1.24. The standard InChI is InChI=1S/C20H30N2O3S/c1-26-15-19(25)22-10-7-20(17(13-22)14-23)5-8-21(9-6-20)12-16-3-2-4-18(24)11-16/h2-4,11,17,23-24H,5-10,12-15H2,1H3. The number of aromatic hydroxyl groups is 1. The summed E-state index contributed by atoms with van der Waals surface area (Å²) >= 11 is 1.56. The highest BCUT2D eigenvalue weighted by atomic mass is 32.2. The third kappa shape index (κ3) is 4.35. The summed E-state index contributed by atoms with van der Waals surface area (Å²) in [6.07, 6.45) is 5.09. The van der Waals surface area contributed by atoms with E-state index in [9.17, 15) is 15.0 Å². The Labute approximate surface area is 160 Å².